The van der Waals surface area contributed by atoms with Crippen molar-refractivity contribution in [2.45, 2.75) is 19.1 Å². The smallest absolute Gasteiger partial charge is 0.254 e. The number of aliphatic hydroxyl groups is 1. The van der Waals surface area contributed by atoms with E-state index in [-0.39, 0.29) is 31.6 Å². The van der Waals surface area contributed by atoms with E-state index in [1.54, 1.807) is 0 Å². The molecule has 0 saturated heterocycles. The van der Waals surface area contributed by atoms with Gasteiger partial charge >= 0.3 is 0 Å². The molecule has 0 radical (unpaired) electrons. The maximum atomic E-state index is 12.4. The summed E-state index contributed by atoms with van der Waals surface area (Å²) >= 11 is 0. The van der Waals surface area contributed by atoms with Gasteiger partial charge in [0.25, 0.3) is 11.8 Å². The molecule has 25 heavy (non-hydrogen) atoms. The number of rotatable bonds is 8. The Morgan fingerprint density at radius 3 is 2.28 bits per heavy atom. The lowest BCUT2D eigenvalue weighted by Gasteiger charge is -2.26. The van der Waals surface area contributed by atoms with Gasteiger partial charge in [-0.2, -0.15) is 0 Å². The van der Waals surface area contributed by atoms with E-state index in [1.165, 1.54) is 19.1 Å². The van der Waals surface area contributed by atoms with Crippen LogP contribution in [0.2, 0.25) is 0 Å². The summed E-state index contributed by atoms with van der Waals surface area (Å²) in [6.45, 7) is 0.939. The number of aliphatic hydroxyl groups excluding tert-OH is 1. The molecule has 0 aliphatic carbocycles. The number of carbonyl (C=O) groups is 3. The highest BCUT2D eigenvalue weighted by atomic mass is 16.5. The molecule has 1 aromatic heterocycles. The van der Waals surface area contributed by atoms with Crippen molar-refractivity contribution in [3.05, 3.63) is 24.3 Å². The Morgan fingerprint density at radius 2 is 1.76 bits per heavy atom. The monoisotopic (exact) mass is 353 g/mol. The molecule has 10 nitrogen and oxygen atoms in total. The van der Waals surface area contributed by atoms with E-state index < -0.39 is 29.9 Å². The van der Waals surface area contributed by atoms with E-state index in [1.807, 2.05) is 0 Å². The molecule has 1 aliphatic heterocycles. The van der Waals surface area contributed by atoms with E-state index >= 15 is 0 Å². The zero-order chi connectivity index (χ0) is 18.6. The molecule has 2 heterocycles. The van der Waals surface area contributed by atoms with Crippen molar-refractivity contribution in [3.63, 3.8) is 0 Å². The maximum Gasteiger partial charge on any atom is 0.254 e. The number of hydrogen-bond acceptors (Lipinski definition) is 7. The van der Waals surface area contributed by atoms with Gasteiger partial charge in [0.15, 0.2) is 11.8 Å². The lowest BCUT2D eigenvalue weighted by Crippen LogP contribution is -2.50. The van der Waals surface area contributed by atoms with Crippen LogP contribution in [0, 0.1) is 0 Å². The first-order valence-electron chi connectivity index (χ1n) is 7.50. The second-order valence-electron chi connectivity index (χ2n) is 5.30. The van der Waals surface area contributed by atoms with Gasteiger partial charge < -0.3 is 25.4 Å². The Labute approximate surface area is 142 Å². The average Bonchev–Trinajstić information content (AvgIpc) is 3.07. The third-order valence-electron chi connectivity index (χ3n) is 3.62. The number of nitrogens with zero attached hydrogens (tertiary/aromatic N) is 2. The Bertz CT molecular complexity index is 660. The third-order valence-corrected chi connectivity index (χ3v) is 3.62. The number of nitrogens with one attached hydrogen (secondary N) is 1. The van der Waals surface area contributed by atoms with Crippen LogP contribution in [0.1, 0.15) is 13.1 Å². The van der Waals surface area contributed by atoms with Crippen LogP contribution in [-0.4, -0.2) is 68.4 Å². The van der Waals surface area contributed by atoms with Gasteiger partial charge in [0.2, 0.25) is 5.91 Å². The number of carbonyl (C=O) groups excluding carboxylic acids is 3. The second-order valence-corrected chi connectivity index (χ2v) is 5.30. The first-order chi connectivity index (χ1) is 11.9. The van der Waals surface area contributed by atoms with Crippen molar-refractivity contribution in [1.82, 2.24) is 14.8 Å². The van der Waals surface area contributed by atoms with Crippen LogP contribution in [0.5, 0.6) is 11.8 Å². The normalized spacial score (nSPS) is 16.3. The summed E-state index contributed by atoms with van der Waals surface area (Å²) in [5, 5.41) is 30.9. The average molecular weight is 353 g/mol. The van der Waals surface area contributed by atoms with Crippen LogP contribution in [-0.2, 0) is 19.1 Å². The molecule has 0 spiro atoms. The van der Waals surface area contributed by atoms with E-state index in [9.17, 15) is 24.6 Å². The minimum Gasteiger partial charge on any atom is -0.494 e. The molecule has 0 bridgehead atoms. The van der Waals surface area contributed by atoms with Gasteiger partial charge in [0.05, 0.1) is 19.8 Å². The molecule has 136 valence electrons. The second kappa shape index (κ2) is 7.81. The number of amides is 3. The molecule has 0 aromatic carbocycles. The first kappa shape index (κ1) is 18.5. The van der Waals surface area contributed by atoms with Crippen LogP contribution < -0.4 is 5.32 Å². The van der Waals surface area contributed by atoms with Crippen LogP contribution in [0.4, 0.5) is 0 Å². The van der Waals surface area contributed by atoms with Crippen LogP contribution in [0.25, 0.3) is 0 Å². The van der Waals surface area contributed by atoms with Crippen LogP contribution in [0.15, 0.2) is 24.3 Å². The molecule has 1 aliphatic rings. The van der Waals surface area contributed by atoms with Gasteiger partial charge in [-0.3, -0.25) is 23.9 Å². The van der Waals surface area contributed by atoms with E-state index in [0.29, 0.717) is 0 Å². The number of aromatic nitrogens is 1. The maximum absolute atomic E-state index is 12.4. The van der Waals surface area contributed by atoms with Crippen molar-refractivity contribution in [1.29, 1.82) is 0 Å². The van der Waals surface area contributed by atoms with Gasteiger partial charge in [-0.1, -0.05) is 0 Å². The van der Waals surface area contributed by atoms with Crippen molar-refractivity contribution in [2.24, 2.45) is 0 Å². The molecule has 2 rings (SSSR count). The Kier molecular flexibility index (Phi) is 5.78. The van der Waals surface area contributed by atoms with Gasteiger partial charge in [-0.05, 0) is 6.92 Å². The number of aromatic hydroxyl groups is 2. The zero-order valence-corrected chi connectivity index (χ0v) is 13.5. The summed E-state index contributed by atoms with van der Waals surface area (Å²) in [6, 6.07) is 1.35. The van der Waals surface area contributed by atoms with Crippen molar-refractivity contribution in [2.75, 3.05) is 19.8 Å². The molecule has 1 aromatic rings. The predicted octanol–water partition coefficient (Wildman–Crippen LogP) is -1.16. The first-order valence-corrected chi connectivity index (χ1v) is 7.50. The summed E-state index contributed by atoms with van der Waals surface area (Å²) in [4.78, 5) is 36.5. The molecular formula is C15H19N3O7. The Hall–Kier alpha value is -2.85. The minimum absolute atomic E-state index is 0.0161. The van der Waals surface area contributed by atoms with E-state index in [0.717, 1.165) is 21.6 Å². The predicted molar refractivity (Wildman–Crippen MR) is 83.3 cm³/mol. The lowest BCUT2D eigenvalue weighted by atomic mass is 10.2. The van der Waals surface area contributed by atoms with Gasteiger partial charge in [0.1, 0.15) is 12.2 Å². The topological polar surface area (TPSA) is 141 Å². The van der Waals surface area contributed by atoms with Crippen molar-refractivity contribution >= 4 is 17.7 Å². The quantitative estimate of drug-likeness (QED) is 0.341. The molecule has 2 atom stereocenters. The van der Waals surface area contributed by atoms with Gasteiger partial charge in [-0.15, -0.1) is 0 Å². The third kappa shape index (κ3) is 3.98. The minimum atomic E-state index is -1.10. The molecule has 0 saturated carbocycles. The van der Waals surface area contributed by atoms with Gasteiger partial charge in [0, 0.05) is 24.3 Å². The number of hydrogen-bond donors (Lipinski definition) is 4. The molecule has 3 amide bonds. The van der Waals surface area contributed by atoms with Crippen LogP contribution >= 0.6 is 0 Å². The van der Waals surface area contributed by atoms with Crippen molar-refractivity contribution < 1.29 is 34.4 Å². The van der Waals surface area contributed by atoms with E-state index in [4.69, 9.17) is 9.84 Å². The molecule has 2 unspecified atom stereocenters. The Morgan fingerprint density at radius 1 is 1.20 bits per heavy atom. The Balaban J connectivity index is 2.14. The highest BCUT2D eigenvalue weighted by Gasteiger charge is 2.34. The fraction of sp³-hybridized carbons (Fsp3) is 0.400. The highest BCUT2D eigenvalue weighted by molar-refractivity contribution is 6.15. The summed E-state index contributed by atoms with van der Waals surface area (Å²) < 4.78 is 6.17. The van der Waals surface area contributed by atoms with Crippen molar-refractivity contribution in [3.8, 4) is 11.8 Å². The molecule has 10 heteroatoms. The SMILES string of the molecule is CC(C(=O)NC(COCCO)n1c(O)ccc1O)N1C(=O)C=CC1=O. The van der Waals surface area contributed by atoms with Gasteiger partial charge in [-0.25, -0.2) is 0 Å². The molecule has 0 fully saturated rings. The zero-order valence-electron chi connectivity index (χ0n) is 13.5. The lowest BCUT2D eigenvalue weighted by molar-refractivity contribution is -0.145. The summed E-state index contributed by atoms with van der Waals surface area (Å²) in [7, 11) is 0. The summed E-state index contributed by atoms with van der Waals surface area (Å²) in [5.41, 5.74) is 0. The summed E-state index contributed by atoms with van der Waals surface area (Å²) in [6.07, 6.45) is 1.12. The fourth-order valence-corrected chi connectivity index (χ4v) is 2.38. The standard InChI is InChI=1S/C15H19N3O7/c1-9(17-11(20)2-3-12(17)21)15(24)16-10(8-25-7-6-19)18-13(22)4-5-14(18)23/h2-5,9-10,19,22-23H,6-8H2,1H3,(H,16,24). The fourth-order valence-electron chi connectivity index (χ4n) is 2.38. The molecular weight excluding hydrogens is 334 g/mol. The molecule has 4 N–H and O–H groups in total. The summed E-state index contributed by atoms with van der Waals surface area (Å²) in [5.74, 6) is -2.54. The number of imide groups is 1. The van der Waals surface area contributed by atoms with Crippen LogP contribution in [0.3, 0.4) is 0 Å². The van der Waals surface area contributed by atoms with E-state index in [2.05, 4.69) is 5.32 Å². The highest BCUT2D eigenvalue weighted by Crippen LogP contribution is 2.25. The number of ether oxygens (including phenoxy) is 1. The largest absolute Gasteiger partial charge is 0.494 e.